The summed E-state index contributed by atoms with van der Waals surface area (Å²) >= 11 is 0. The van der Waals surface area contributed by atoms with Crippen molar-refractivity contribution in [3.05, 3.63) is 33.9 Å². The van der Waals surface area contributed by atoms with Crippen molar-refractivity contribution in [1.82, 2.24) is 0 Å². The summed E-state index contributed by atoms with van der Waals surface area (Å²) in [5.41, 5.74) is 0.678. The molecule has 1 heterocycles. The van der Waals surface area contributed by atoms with Crippen molar-refractivity contribution in [2.24, 2.45) is 0 Å². The molecule has 0 aliphatic carbocycles. The van der Waals surface area contributed by atoms with E-state index in [0.29, 0.717) is 17.8 Å². The summed E-state index contributed by atoms with van der Waals surface area (Å²) in [5, 5.41) is 22.6. The molecule has 1 aromatic rings. The van der Waals surface area contributed by atoms with Crippen LogP contribution in [0.3, 0.4) is 0 Å². The lowest BCUT2D eigenvalue weighted by molar-refractivity contribution is -0.384. The molecular formula is C12H14N2O5. The summed E-state index contributed by atoms with van der Waals surface area (Å²) in [6.45, 7) is 1.24. The minimum atomic E-state index is -1.02. The number of anilines is 1. The number of aliphatic carboxylic acids is 1. The van der Waals surface area contributed by atoms with E-state index in [1.807, 2.05) is 0 Å². The van der Waals surface area contributed by atoms with Crippen LogP contribution in [0.1, 0.15) is 12.0 Å². The average Bonchev–Trinajstić information content (AvgIpc) is 2.27. The van der Waals surface area contributed by atoms with Gasteiger partial charge in [-0.15, -0.1) is 0 Å². The number of carbonyl (C=O) groups is 1. The third-order valence-corrected chi connectivity index (χ3v) is 2.93. The van der Waals surface area contributed by atoms with Crippen molar-refractivity contribution < 1.29 is 19.6 Å². The molecular weight excluding hydrogens is 252 g/mol. The molecule has 2 N–H and O–H groups in total. The minimum Gasteiger partial charge on any atom is -0.481 e. The lowest BCUT2D eigenvalue weighted by Gasteiger charge is -2.26. The molecule has 1 unspecified atom stereocenters. The van der Waals surface area contributed by atoms with Crippen LogP contribution in [0.15, 0.2) is 18.2 Å². The highest BCUT2D eigenvalue weighted by Gasteiger charge is 2.20. The van der Waals surface area contributed by atoms with Gasteiger partial charge in [0.05, 0.1) is 17.4 Å². The largest absolute Gasteiger partial charge is 0.481 e. The van der Waals surface area contributed by atoms with Crippen LogP contribution in [-0.4, -0.2) is 35.3 Å². The first-order chi connectivity index (χ1) is 9.06. The van der Waals surface area contributed by atoms with Gasteiger partial charge in [-0.25, -0.2) is 0 Å². The number of nitro benzene ring substituents is 1. The number of nitro groups is 1. The third kappa shape index (κ3) is 3.41. The van der Waals surface area contributed by atoms with Crippen LogP contribution in [0, 0.1) is 10.1 Å². The fourth-order valence-corrected chi connectivity index (χ4v) is 1.83. The first-order valence-electron chi connectivity index (χ1n) is 5.91. The molecule has 1 fully saturated rings. The number of benzene rings is 1. The number of hydrogen-bond acceptors (Lipinski definition) is 5. The second-order valence-corrected chi connectivity index (χ2v) is 4.34. The van der Waals surface area contributed by atoms with Crippen molar-refractivity contribution >= 4 is 17.3 Å². The molecule has 1 aliphatic heterocycles. The Balaban J connectivity index is 2.11. The van der Waals surface area contributed by atoms with Gasteiger partial charge in [-0.05, 0) is 18.1 Å². The first kappa shape index (κ1) is 13.3. The summed E-state index contributed by atoms with van der Waals surface area (Å²) in [6.07, 6.45) is 0.809. The van der Waals surface area contributed by atoms with E-state index in [1.54, 1.807) is 6.07 Å². The van der Waals surface area contributed by atoms with Gasteiger partial charge in [-0.1, -0.05) is 6.07 Å². The molecule has 7 nitrogen and oxygen atoms in total. The fraction of sp³-hybridized carbons (Fsp3) is 0.417. The Labute approximate surface area is 109 Å². The van der Waals surface area contributed by atoms with E-state index in [2.05, 4.69) is 5.32 Å². The number of rotatable bonds is 6. The Bertz CT molecular complexity index is 499. The van der Waals surface area contributed by atoms with E-state index in [4.69, 9.17) is 9.84 Å². The van der Waals surface area contributed by atoms with Crippen LogP contribution in [0.2, 0.25) is 0 Å². The molecule has 0 bridgehead atoms. The van der Waals surface area contributed by atoms with E-state index in [-0.39, 0.29) is 18.2 Å². The Hall–Kier alpha value is -2.15. The smallest absolute Gasteiger partial charge is 0.307 e. The highest BCUT2D eigenvalue weighted by molar-refractivity contribution is 5.72. The quantitative estimate of drug-likeness (QED) is 0.596. The van der Waals surface area contributed by atoms with Crippen molar-refractivity contribution in [3.63, 3.8) is 0 Å². The molecule has 1 aromatic carbocycles. The Kier molecular flexibility index (Phi) is 3.96. The molecule has 0 spiro atoms. The van der Waals surface area contributed by atoms with Crippen LogP contribution >= 0.6 is 0 Å². The van der Waals surface area contributed by atoms with Crippen LogP contribution in [0.4, 0.5) is 11.4 Å². The lowest BCUT2D eigenvalue weighted by Crippen LogP contribution is -2.33. The van der Waals surface area contributed by atoms with Gasteiger partial charge >= 0.3 is 5.97 Å². The Morgan fingerprint density at radius 2 is 2.32 bits per heavy atom. The zero-order chi connectivity index (χ0) is 13.8. The minimum absolute atomic E-state index is 0.0956. The summed E-state index contributed by atoms with van der Waals surface area (Å²) in [6, 6.07) is 4.40. The van der Waals surface area contributed by atoms with Crippen LogP contribution in [-0.2, 0) is 16.0 Å². The van der Waals surface area contributed by atoms with Crippen LogP contribution in [0.5, 0.6) is 0 Å². The van der Waals surface area contributed by atoms with Crippen molar-refractivity contribution in [3.8, 4) is 0 Å². The van der Waals surface area contributed by atoms with Gasteiger partial charge in [0.2, 0.25) is 0 Å². The maximum absolute atomic E-state index is 11.0. The molecule has 0 radical (unpaired) electrons. The van der Waals surface area contributed by atoms with Crippen molar-refractivity contribution in [1.29, 1.82) is 0 Å². The molecule has 2 rings (SSSR count). The topological polar surface area (TPSA) is 102 Å². The molecule has 102 valence electrons. The summed E-state index contributed by atoms with van der Waals surface area (Å²) < 4.78 is 5.22. The third-order valence-electron chi connectivity index (χ3n) is 2.93. The molecule has 0 amide bonds. The monoisotopic (exact) mass is 266 g/mol. The highest BCUT2D eigenvalue weighted by Crippen LogP contribution is 2.26. The lowest BCUT2D eigenvalue weighted by atomic mass is 10.1. The fourth-order valence-electron chi connectivity index (χ4n) is 1.83. The zero-order valence-corrected chi connectivity index (χ0v) is 10.2. The van der Waals surface area contributed by atoms with Gasteiger partial charge in [-0.2, -0.15) is 0 Å². The first-order valence-corrected chi connectivity index (χ1v) is 5.91. The average molecular weight is 266 g/mol. The Morgan fingerprint density at radius 3 is 2.84 bits per heavy atom. The molecule has 19 heavy (non-hydrogen) atoms. The predicted octanol–water partition coefficient (Wildman–Crippen LogP) is 1.42. The number of hydrogen-bond donors (Lipinski definition) is 2. The SMILES string of the molecule is O=C(O)Cc1ccc(NCC2CCO2)c([N+](=O)[O-])c1. The summed E-state index contributed by atoms with van der Waals surface area (Å²) in [5.74, 6) is -1.02. The van der Waals surface area contributed by atoms with Crippen molar-refractivity contribution in [2.75, 3.05) is 18.5 Å². The van der Waals surface area contributed by atoms with Gasteiger partial charge in [0.1, 0.15) is 5.69 Å². The number of ether oxygens (including phenoxy) is 1. The molecule has 1 atom stereocenters. The second-order valence-electron chi connectivity index (χ2n) is 4.34. The molecule has 1 saturated heterocycles. The van der Waals surface area contributed by atoms with E-state index in [9.17, 15) is 14.9 Å². The number of carboxylic acid groups (broad SMARTS) is 1. The number of carboxylic acids is 1. The van der Waals surface area contributed by atoms with Crippen LogP contribution in [0.25, 0.3) is 0 Å². The van der Waals surface area contributed by atoms with E-state index < -0.39 is 10.9 Å². The molecule has 7 heteroatoms. The predicted molar refractivity (Wildman–Crippen MR) is 67.3 cm³/mol. The normalized spacial score (nSPS) is 17.6. The van der Waals surface area contributed by atoms with Crippen LogP contribution < -0.4 is 5.32 Å². The van der Waals surface area contributed by atoms with Gasteiger partial charge < -0.3 is 15.2 Å². The number of nitrogens with one attached hydrogen (secondary N) is 1. The van der Waals surface area contributed by atoms with Gasteiger partial charge in [0, 0.05) is 19.2 Å². The standard InChI is InChI=1S/C12H14N2O5/c15-12(16)6-8-1-2-10(11(5-8)14(17)18)13-7-9-3-4-19-9/h1-2,5,9,13H,3-4,6-7H2,(H,15,16). The molecule has 1 aliphatic rings. The molecule has 0 saturated carbocycles. The van der Waals surface area contributed by atoms with Gasteiger partial charge in [-0.3, -0.25) is 14.9 Å². The summed E-state index contributed by atoms with van der Waals surface area (Å²) in [7, 11) is 0. The van der Waals surface area contributed by atoms with Gasteiger partial charge in [0.15, 0.2) is 0 Å². The second kappa shape index (κ2) is 5.66. The highest BCUT2D eigenvalue weighted by atomic mass is 16.6. The van der Waals surface area contributed by atoms with Crippen molar-refractivity contribution in [2.45, 2.75) is 18.9 Å². The maximum atomic E-state index is 11.0. The van der Waals surface area contributed by atoms with E-state index in [0.717, 1.165) is 13.0 Å². The number of nitrogens with zero attached hydrogens (tertiary/aromatic N) is 1. The maximum Gasteiger partial charge on any atom is 0.307 e. The zero-order valence-electron chi connectivity index (χ0n) is 10.2. The Morgan fingerprint density at radius 1 is 1.58 bits per heavy atom. The summed E-state index contributed by atoms with van der Waals surface area (Å²) in [4.78, 5) is 21.1. The molecule has 0 aromatic heterocycles. The van der Waals surface area contributed by atoms with Gasteiger partial charge in [0.25, 0.3) is 5.69 Å². The van der Waals surface area contributed by atoms with E-state index in [1.165, 1.54) is 12.1 Å². The van der Waals surface area contributed by atoms with E-state index >= 15 is 0 Å².